The van der Waals surface area contributed by atoms with Crippen molar-refractivity contribution in [3.05, 3.63) is 34.9 Å². The van der Waals surface area contributed by atoms with Crippen LogP contribution < -0.4 is 4.74 Å². The minimum absolute atomic E-state index is 0.0897. The number of thioether (sulfide) groups is 1. The van der Waals surface area contributed by atoms with Crippen LogP contribution in [-0.2, 0) is 0 Å². The van der Waals surface area contributed by atoms with E-state index >= 15 is 0 Å². The Morgan fingerprint density at radius 1 is 1.48 bits per heavy atom. The van der Waals surface area contributed by atoms with Crippen molar-refractivity contribution in [1.29, 1.82) is 0 Å². The second kappa shape index (κ2) is 6.42. The molecule has 0 saturated carbocycles. The van der Waals surface area contributed by atoms with Crippen molar-refractivity contribution in [2.45, 2.75) is 26.5 Å². The van der Waals surface area contributed by atoms with Crippen LogP contribution in [0.1, 0.15) is 18.9 Å². The smallest absolute Gasteiger partial charge is 0.215 e. The van der Waals surface area contributed by atoms with Crippen molar-refractivity contribution in [1.82, 2.24) is 9.88 Å². The van der Waals surface area contributed by atoms with Gasteiger partial charge >= 0.3 is 0 Å². The predicted octanol–water partition coefficient (Wildman–Crippen LogP) is 4.32. The van der Waals surface area contributed by atoms with Gasteiger partial charge in [0.1, 0.15) is 0 Å². The molecule has 1 atom stereocenters. The zero-order valence-electron chi connectivity index (χ0n) is 12.3. The van der Waals surface area contributed by atoms with Crippen LogP contribution in [0, 0.1) is 6.92 Å². The summed E-state index contributed by atoms with van der Waals surface area (Å²) < 4.78 is 6.13. The lowest BCUT2D eigenvalue weighted by molar-refractivity contribution is 0.0422. The summed E-state index contributed by atoms with van der Waals surface area (Å²) in [5, 5.41) is 1.76. The Labute approximate surface area is 134 Å². The van der Waals surface area contributed by atoms with Crippen LogP contribution in [0.25, 0.3) is 10.9 Å². The first-order valence-electron chi connectivity index (χ1n) is 7.23. The molecule has 0 N–H and O–H groups in total. The second-order valence-electron chi connectivity index (χ2n) is 5.24. The number of pyridine rings is 1. The molecule has 0 bridgehead atoms. The number of nitrogens with zero attached hydrogens (tertiary/aromatic N) is 2. The molecule has 2 heterocycles. The van der Waals surface area contributed by atoms with Gasteiger partial charge < -0.3 is 4.74 Å². The Kier molecular flexibility index (Phi) is 4.57. The molecular weight excluding hydrogens is 304 g/mol. The normalized spacial score (nSPS) is 17.3. The molecule has 3 rings (SSSR count). The second-order valence-corrected chi connectivity index (χ2v) is 6.73. The number of aryl methyl sites for hydroxylation is 1. The number of rotatable bonds is 4. The molecule has 0 amide bonds. The van der Waals surface area contributed by atoms with Gasteiger partial charge in [0, 0.05) is 29.6 Å². The molecule has 3 nitrogen and oxygen atoms in total. The molecule has 112 valence electrons. The third-order valence-electron chi connectivity index (χ3n) is 3.77. The first-order chi connectivity index (χ1) is 10.2. The lowest BCUT2D eigenvalue weighted by Gasteiger charge is -2.26. The molecule has 1 fully saturated rings. The van der Waals surface area contributed by atoms with E-state index in [0.717, 1.165) is 35.3 Å². The standard InChI is InChI=1S/C16H19ClN2OS/c1-3-15(19-7-8-21-10-19)20-14-9-11(2)12-5-4-6-13(17)16(12)18-14/h4-6,9,15H,3,7-8,10H2,1-2H3. The number of fused-ring (bicyclic) bond motifs is 1. The van der Waals surface area contributed by atoms with Crippen LogP contribution in [0.4, 0.5) is 0 Å². The zero-order chi connectivity index (χ0) is 14.8. The summed E-state index contributed by atoms with van der Waals surface area (Å²) in [6.45, 7) is 5.30. The minimum atomic E-state index is 0.0897. The molecule has 5 heteroatoms. The van der Waals surface area contributed by atoms with Crippen LogP contribution in [0.2, 0.25) is 5.02 Å². The monoisotopic (exact) mass is 322 g/mol. The number of halogens is 1. The van der Waals surface area contributed by atoms with E-state index < -0.39 is 0 Å². The number of hydrogen-bond donors (Lipinski definition) is 0. The summed E-state index contributed by atoms with van der Waals surface area (Å²) in [4.78, 5) is 6.97. The van der Waals surface area contributed by atoms with Gasteiger partial charge in [-0.3, -0.25) is 4.90 Å². The maximum absolute atomic E-state index is 6.27. The third kappa shape index (κ3) is 3.12. The highest BCUT2D eigenvalue weighted by molar-refractivity contribution is 7.99. The van der Waals surface area contributed by atoms with Gasteiger partial charge in [-0.2, -0.15) is 0 Å². The fraction of sp³-hybridized carbons (Fsp3) is 0.438. The molecule has 1 saturated heterocycles. The van der Waals surface area contributed by atoms with E-state index in [-0.39, 0.29) is 6.23 Å². The van der Waals surface area contributed by atoms with E-state index in [1.165, 1.54) is 5.75 Å². The average Bonchev–Trinajstić information content (AvgIpc) is 3.00. The maximum Gasteiger partial charge on any atom is 0.215 e. The first kappa shape index (κ1) is 14.9. The molecular formula is C16H19ClN2OS. The van der Waals surface area contributed by atoms with E-state index in [2.05, 4.69) is 23.7 Å². The quantitative estimate of drug-likeness (QED) is 0.837. The Morgan fingerprint density at radius 2 is 2.33 bits per heavy atom. The van der Waals surface area contributed by atoms with Gasteiger partial charge in [0.2, 0.25) is 5.88 Å². The van der Waals surface area contributed by atoms with Crippen molar-refractivity contribution < 1.29 is 4.74 Å². The zero-order valence-corrected chi connectivity index (χ0v) is 13.9. The van der Waals surface area contributed by atoms with Gasteiger partial charge in [0.15, 0.2) is 6.23 Å². The van der Waals surface area contributed by atoms with E-state index in [4.69, 9.17) is 16.3 Å². The summed E-state index contributed by atoms with van der Waals surface area (Å²) in [5.74, 6) is 2.87. The first-order valence-corrected chi connectivity index (χ1v) is 8.76. The van der Waals surface area contributed by atoms with Gasteiger partial charge in [-0.15, -0.1) is 11.8 Å². The van der Waals surface area contributed by atoms with Gasteiger partial charge in [-0.05, 0) is 25.0 Å². The van der Waals surface area contributed by atoms with Crippen LogP contribution in [0.5, 0.6) is 5.88 Å². The van der Waals surface area contributed by atoms with Gasteiger partial charge in [0.05, 0.1) is 10.5 Å². The Morgan fingerprint density at radius 3 is 3.05 bits per heavy atom. The molecule has 2 aromatic rings. The number of para-hydroxylation sites is 1. The fourth-order valence-electron chi connectivity index (χ4n) is 2.62. The largest absolute Gasteiger partial charge is 0.458 e. The van der Waals surface area contributed by atoms with Crippen LogP contribution in [0.3, 0.4) is 0 Å². The van der Waals surface area contributed by atoms with Crippen molar-refractivity contribution in [2.75, 3.05) is 18.2 Å². The van der Waals surface area contributed by atoms with Gasteiger partial charge in [-0.1, -0.05) is 30.7 Å². The van der Waals surface area contributed by atoms with E-state index in [9.17, 15) is 0 Å². The minimum Gasteiger partial charge on any atom is -0.458 e. The van der Waals surface area contributed by atoms with E-state index in [0.29, 0.717) is 10.9 Å². The lowest BCUT2D eigenvalue weighted by Crippen LogP contribution is -2.37. The maximum atomic E-state index is 6.27. The highest BCUT2D eigenvalue weighted by Crippen LogP contribution is 2.28. The Hall–Kier alpha value is -0.970. The molecule has 0 spiro atoms. The number of aromatic nitrogens is 1. The SMILES string of the molecule is CCC(Oc1cc(C)c2cccc(Cl)c2n1)N1CCSC1. The molecule has 1 unspecified atom stereocenters. The number of benzene rings is 1. The molecule has 1 aliphatic heterocycles. The Bertz CT molecular complexity index is 643. The molecule has 21 heavy (non-hydrogen) atoms. The number of ether oxygens (including phenoxy) is 1. The highest BCUT2D eigenvalue weighted by Gasteiger charge is 2.23. The van der Waals surface area contributed by atoms with Gasteiger partial charge in [-0.25, -0.2) is 4.98 Å². The number of hydrogen-bond acceptors (Lipinski definition) is 4. The van der Waals surface area contributed by atoms with Crippen LogP contribution in [0.15, 0.2) is 24.3 Å². The molecule has 0 radical (unpaired) electrons. The lowest BCUT2D eigenvalue weighted by atomic mass is 10.1. The van der Waals surface area contributed by atoms with Crippen LogP contribution >= 0.6 is 23.4 Å². The molecule has 0 aliphatic carbocycles. The van der Waals surface area contributed by atoms with Crippen molar-refractivity contribution in [2.24, 2.45) is 0 Å². The summed E-state index contributed by atoms with van der Waals surface area (Å²) in [7, 11) is 0. The fourth-order valence-corrected chi connectivity index (χ4v) is 3.86. The van der Waals surface area contributed by atoms with Crippen molar-refractivity contribution in [3.8, 4) is 5.88 Å². The van der Waals surface area contributed by atoms with E-state index in [1.807, 2.05) is 36.0 Å². The third-order valence-corrected chi connectivity index (χ3v) is 5.06. The van der Waals surface area contributed by atoms with Gasteiger partial charge in [0.25, 0.3) is 0 Å². The topological polar surface area (TPSA) is 25.4 Å². The molecule has 1 aromatic heterocycles. The van der Waals surface area contributed by atoms with Crippen LogP contribution in [-0.4, -0.2) is 34.3 Å². The summed E-state index contributed by atoms with van der Waals surface area (Å²) in [6, 6.07) is 7.87. The highest BCUT2D eigenvalue weighted by atomic mass is 35.5. The Balaban J connectivity index is 1.91. The van der Waals surface area contributed by atoms with Crippen molar-refractivity contribution >= 4 is 34.3 Å². The van der Waals surface area contributed by atoms with E-state index in [1.54, 1.807) is 0 Å². The summed E-state index contributed by atoms with van der Waals surface area (Å²) in [5.41, 5.74) is 1.96. The summed E-state index contributed by atoms with van der Waals surface area (Å²) >= 11 is 8.22. The molecule has 1 aliphatic rings. The summed E-state index contributed by atoms with van der Waals surface area (Å²) in [6.07, 6.45) is 1.04. The van der Waals surface area contributed by atoms with Crippen molar-refractivity contribution in [3.63, 3.8) is 0 Å². The average molecular weight is 323 g/mol. The molecule has 1 aromatic carbocycles. The predicted molar refractivity (Wildman–Crippen MR) is 90.2 cm³/mol.